The molecule has 2 aromatic heterocycles. The van der Waals surface area contributed by atoms with Crippen molar-refractivity contribution in [3.63, 3.8) is 0 Å². The number of rotatable bonds is 7. The molecule has 4 aromatic rings. The molecule has 0 radical (unpaired) electrons. The Bertz CT molecular complexity index is 1110. The van der Waals surface area contributed by atoms with Crippen molar-refractivity contribution in [2.75, 3.05) is 18.0 Å². The fourth-order valence-electron chi connectivity index (χ4n) is 3.78. The zero-order valence-corrected chi connectivity index (χ0v) is 18.0. The van der Waals surface area contributed by atoms with Crippen molar-refractivity contribution in [2.24, 2.45) is 0 Å². The number of aromatic nitrogens is 5. The van der Waals surface area contributed by atoms with Crippen LogP contribution in [0.2, 0.25) is 0 Å². The Labute approximate surface area is 185 Å². The van der Waals surface area contributed by atoms with E-state index in [1.54, 1.807) is 11.8 Å². The molecule has 2 aromatic carbocycles. The lowest BCUT2D eigenvalue weighted by molar-refractivity contribution is 0.385. The van der Waals surface area contributed by atoms with Crippen LogP contribution in [0.5, 0.6) is 0 Å². The van der Waals surface area contributed by atoms with Crippen molar-refractivity contribution < 1.29 is 4.52 Å². The monoisotopic (exact) mass is 432 g/mol. The zero-order valence-electron chi connectivity index (χ0n) is 17.2. The highest BCUT2D eigenvalue weighted by molar-refractivity contribution is 7.98. The van der Waals surface area contributed by atoms with Crippen molar-refractivity contribution in [3.8, 4) is 5.69 Å². The Morgan fingerprint density at radius 2 is 1.61 bits per heavy atom. The molecule has 1 saturated heterocycles. The molecule has 1 aliphatic rings. The highest BCUT2D eigenvalue weighted by Gasteiger charge is 2.22. The minimum absolute atomic E-state index is 0.548. The highest BCUT2D eigenvalue weighted by Crippen LogP contribution is 2.29. The number of para-hydroxylation sites is 1. The minimum Gasteiger partial charge on any atom is -0.341 e. The molecule has 0 spiro atoms. The predicted octanol–water partition coefficient (Wildman–Crippen LogP) is 4.52. The van der Waals surface area contributed by atoms with E-state index in [4.69, 9.17) is 4.52 Å². The number of anilines is 1. The third kappa shape index (κ3) is 4.64. The van der Waals surface area contributed by atoms with Crippen LogP contribution in [0.15, 0.2) is 70.3 Å². The summed E-state index contributed by atoms with van der Waals surface area (Å²) in [6, 6.07) is 20.4. The van der Waals surface area contributed by atoms with Crippen molar-refractivity contribution >= 4 is 17.7 Å². The molecule has 5 rings (SSSR count). The molecule has 1 fully saturated rings. The lowest BCUT2D eigenvalue weighted by Crippen LogP contribution is -2.31. The maximum absolute atomic E-state index is 5.48. The molecule has 0 saturated carbocycles. The first kappa shape index (κ1) is 19.8. The Kier molecular flexibility index (Phi) is 5.97. The summed E-state index contributed by atoms with van der Waals surface area (Å²) in [6.45, 7) is 2.03. The standard InChI is InChI=1S/C23H24N6OS/c1-4-10-18(11-5-1)16-20-24-21(30-27-20)17-31-23-26-25-22(28-14-8-3-9-15-28)29(23)19-12-6-2-7-13-19/h1-2,4-7,10-13H,3,8-9,14-17H2. The van der Waals surface area contributed by atoms with E-state index in [0.29, 0.717) is 23.9 Å². The first-order chi connectivity index (χ1) is 15.4. The van der Waals surface area contributed by atoms with E-state index in [1.807, 2.05) is 36.4 Å². The highest BCUT2D eigenvalue weighted by atomic mass is 32.2. The second-order valence-electron chi connectivity index (χ2n) is 7.56. The predicted molar refractivity (Wildman–Crippen MR) is 121 cm³/mol. The summed E-state index contributed by atoms with van der Waals surface area (Å²) in [5.74, 6) is 2.74. The summed E-state index contributed by atoms with van der Waals surface area (Å²) in [5, 5.41) is 14.0. The Morgan fingerprint density at radius 3 is 2.39 bits per heavy atom. The summed E-state index contributed by atoms with van der Waals surface area (Å²) >= 11 is 1.57. The van der Waals surface area contributed by atoms with E-state index in [1.165, 1.54) is 19.3 Å². The molecule has 0 bridgehead atoms. The van der Waals surface area contributed by atoms with Gasteiger partial charge in [-0.05, 0) is 37.0 Å². The van der Waals surface area contributed by atoms with Crippen LogP contribution >= 0.6 is 11.8 Å². The molecule has 0 unspecified atom stereocenters. The molecule has 7 nitrogen and oxygen atoms in total. The quantitative estimate of drug-likeness (QED) is 0.397. The third-order valence-electron chi connectivity index (χ3n) is 5.31. The average Bonchev–Trinajstić information content (AvgIpc) is 3.46. The number of nitrogens with zero attached hydrogens (tertiary/aromatic N) is 6. The van der Waals surface area contributed by atoms with Gasteiger partial charge >= 0.3 is 0 Å². The van der Waals surface area contributed by atoms with Gasteiger partial charge in [-0.25, -0.2) is 0 Å². The van der Waals surface area contributed by atoms with Crippen LogP contribution in [0, 0.1) is 0 Å². The smallest absolute Gasteiger partial charge is 0.237 e. The van der Waals surface area contributed by atoms with E-state index < -0.39 is 0 Å². The number of thioether (sulfide) groups is 1. The van der Waals surface area contributed by atoms with E-state index in [-0.39, 0.29) is 0 Å². The van der Waals surface area contributed by atoms with Gasteiger partial charge in [0.2, 0.25) is 11.8 Å². The van der Waals surface area contributed by atoms with E-state index >= 15 is 0 Å². The molecular weight excluding hydrogens is 408 g/mol. The lowest BCUT2D eigenvalue weighted by Gasteiger charge is -2.27. The van der Waals surface area contributed by atoms with Crippen LogP contribution in [0.1, 0.15) is 36.5 Å². The average molecular weight is 433 g/mol. The van der Waals surface area contributed by atoms with Crippen LogP contribution in [0.4, 0.5) is 5.95 Å². The summed E-state index contributed by atoms with van der Waals surface area (Å²) in [4.78, 5) is 6.88. The number of hydrogen-bond acceptors (Lipinski definition) is 7. The van der Waals surface area contributed by atoms with Gasteiger partial charge in [0.1, 0.15) is 0 Å². The zero-order chi connectivity index (χ0) is 20.9. The maximum atomic E-state index is 5.48. The van der Waals surface area contributed by atoms with Gasteiger partial charge < -0.3 is 9.42 Å². The van der Waals surface area contributed by atoms with Crippen molar-refractivity contribution in [3.05, 3.63) is 77.9 Å². The van der Waals surface area contributed by atoms with Gasteiger partial charge in [-0.2, -0.15) is 4.98 Å². The number of hydrogen-bond donors (Lipinski definition) is 0. The first-order valence-corrected chi connectivity index (χ1v) is 11.6. The maximum Gasteiger partial charge on any atom is 0.237 e. The SMILES string of the molecule is c1ccc(Cc2noc(CSc3nnc(N4CCCCC4)n3-c3ccccc3)n2)cc1. The van der Waals surface area contributed by atoms with Crippen molar-refractivity contribution in [1.82, 2.24) is 24.9 Å². The van der Waals surface area contributed by atoms with Gasteiger partial charge in [0.15, 0.2) is 11.0 Å². The van der Waals surface area contributed by atoms with E-state index in [0.717, 1.165) is 35.4 Å². The molecule has 0 N–H and O–H groups in total. The Hall–Kier alpha value is -3.13. The topological polar surface area (TPSA) is 72.9 Å². The van der Waals surface area contributed by atoms with Crippen LogP contribution < -0.4 is 4.90 Å². The molecule has 0 atom stereocenters. The molecule has 31 heavy (non-hydrogen) atoms. The van der Waals surface area contributed by atoms with Gasteiger partial charge in [0.05, 0.1) is 11.4 Å². The van der Waals surface area contributed by atoms with Crippen LogP contribution in [-0.4, -0.2) is 38.0 Å². The molecule has 8 heteroatoms. The van der Waals surface area contributed by atoms with Crippen molar-refractivity contribution in [1.29, 1.82) is 0 Å². The summed E-state index contributed by atoms with van der Waals surface area (Å²) < 4.78 is 7.61. The largest absolute Gasteiger partial charge is 0.341 e. The van der Waals surface area contributed by atoms with Crippen LogP contribution in [0.3, 0.4) is 0 Å². The molecule has 1 aliphatic heterocycles. The second-order valence-corrected chi connectivity index (χ2v) is 8.50. The number of piperidine rings is 1. The van der Waals surface area contributed by atoms with Gasteiger partial charge in [-0.3, -0.25) is 4.57 Å². The first-order valence-electron chi connectivity index (χ1n) is 10.6. The van der Waals surface area contributed by atoms with Gasteiger partial charge in [-0.15, -0.1) is 10.2 Å². The Balaban J connectivity index is 1.34. The Morgan fingerprint density at radius 1 is 0.871 bits per heavy atom. The fraction of sp³-hybridized carbons (Fsp3) is 0.304. The lowest BCUT2D eigenvalue weighted by atomic mass is 10.1. The summed E-state index contributed by atoms with van der Waals surface area (Å²) in [6.07, 6.45) is 4.32. The van der Waals surface area contributed by atoms with E-state index in [2.05, 4.69) is 54.1 Å². The normalized spacial score (nSPS) is 14.1. The molecule has 0 amide bonds. The second kappa shape index (κ2) is 9.34. The van der Waals surface area contributed by atoms with Gasteiger partial charge in [0.25, 0.3) is 0 Å². The van der Waals surface area contributed by atoms with Gasteiger partial charge in [-0.1, -0.05) is 65.4 Å². The summed E-state index contributed by atoms with van der Waals surface area (Å²) in [5.41, 5.74) is 2.23. The molecular formula is C23H24N6OS. The van der Waals surface area contributed by atoms with Gasteiger partial charge in [0, 0.05) is 19.5 Å². The molecule has 158 valence electrons. The number of benzene rings is 2. The van der Waals surface area contributed by atoms with Crippen LogP contribution in [0.25, 0.3) is 5.69 Å². The van der Waals surface area contributed by atoms with Crippen molar-refractivity contribution in [2.45, 2.75) is 36.6 Å². The minimum atomic E-state index is 0.548. The van der Waals surface area contributed by atoms with Crippen LogP contribution in [-0.2, 0) is 12.2 Å². The summed E-state index contributed by atoms with van der Waals surface area (Å²) in [7, 11) is 0. The van der Waals surface area contributed by atoms with E-state index in [9.17, 15) is 0 Å². The fourth-order valence-corrected chi connectivity index (χ4v) is 4.57. The molecule has 3 heterocycles. The molecule has 0 aliphatic carbocycles. The third-order valence-corrected chi connectivity index (χ3v) is 6.22.